The molecule has 0 aromatic carbocycles. The molecule has 1 N–H and O–H groups in total. The Balaban J connectivity index is 1.83. The third-order valence-electron chi connectivity index (χ3n) is 1.98. The minimum Gasteiger partial charge on any atom is -0.492 e. The van der Waals surface area contributed by atoms with Crippen molar-refractivity contribution in [3.63, 3.8) is 0 Å². The topological polar surface area (TPSA) is 46.5 Å². The van der Waals surface area contributed by atoms with Gasteiger partial charge in [0.1, 0.15) is 10.6 Å². The third kappa shape index (κ3) is 2.84. The number of ether oxygens (including phenoxy) is 1. The Hall–Kier alpha value is -1.33. The summed E-state index contributed by atoms with van der Waals surface area (Å²) in [6, 6.07) is 5.62. The fraction of sp³-hybridized carbons (Fsp3) is 0.182. The molecule has 0 aliphatic rings. The predicted molar refractivity (Wildman–Crippen MR) is 64.8 cm³/mol. The quantitative estimate of drug-likeness (QED) is 0.891. The molecule has 0 aliphatic heterocycles. The van der Waals surface area contributed by atoms with Crippen LogP contribution in [0.1, 0.15) is 14.5 Å². The summed E-state index contributed by atoms with van der Waals surface area (Å²) in [5.41, 5.74) is 0. The number of hydrogen-bond acceptors (Lipinski definition) is 4. The van der Waals surface area contributed by atoms with Crippen LogP contribution in [-0.2, 0) is 6.42 Å². The Kier molecular flexibility index (Phi) is 3.58. The molecule has 84 valence electrons. The van der Waals surface area contributed by atoms with Gasteiger partial charge in [-0.1, -0.05) is 6.07 Å². The molecule has 2 rings (SSSR count). The fourth-order valence-electron chi connectivity index (χ4n) is 1.23. The van der Waals surface area contributed by atoms with Gasteiger partial charge in [-0.25, -0.2) is 4.79 Å². The van der Waals surface area contributed by atoms with Gasteiger partial charge in [0.15, 0.2) is 0 Å². The molecule has 0 saturated heterocycles. The lowest BCUT2D eigenvalue weighted by Crippen LogP contribution is -1.99. The summed E-state index contributed by atoms with van der Waals surface area (Å²) in [6.07, 6.45) is 0.857. The first kappa shape index (κ1) is 11.2. The number of hydrogen-bond donors (Lipinski definition) is 1. The SMILES string of the molecule is O=C(O)c1cc(OCCc2cccs2)cs1. The predicted octanol–water partition coefficient (Wildman–Crippen LogP) is 3.13. The molecule has 0 aliphatic carbocycles. The van der Waals surface area contributed by atoms with Crippen molar-refractivity contribution in [3.8, 4) is 5.75 Å². The van der Waals surface area contributed by atoms with E-state index in [0.29, 0.717) is 17.2 Å². The second kappa shape index (κ2) is 5.14. The summed E-state index contributed by atoms with van der Waals surface area (Å²) in [7, 11) is 0. The Morgan fingerprint density at radius 3 is 2.94 bits per heavy atom. The Morgan fingerprint density at radius 1 is 1.44 bits per heavy atom. The van der Waals surface area contributed by atoms with Gasteiger partial charge in [-0.15, -0.1) is 22.7 Å². The van der Waals surface area contributed by atoms with Crippen molar-refractivity contribution in [2.24, 2.45) is 0 Å². The van der Waals surface area contributed by atoms with E-state index < -0.39 is 5.97 Å². The molecule has 0 amide bonds. The van der Waals surface area contributed by atoms with Gasteiger partial charge in [-0.05, 0) is 11.4 Å². The smallest absolute Gasteiger partial charge is 0.346 e. The second-order valence-corrected chi connectivity index (χ2v) is 5.07. The Morgan fingerprint density at radius 2 is 2.31 bits per heavy atom. The first-order valence-corrected chi connectivity index (χ1v) is 6.48. The molecule has 5 heteroatoms. The van der Waals surface area contributed by atoms with Crippen LogP contribution in [0.15, 0.2) is 29.0 Å². The number of aromatic carboxylic acids is 1. The van der Waals surface area contributed by atoms with E-state index in [0.717, 1.165) is 6.42 Å². The minimum atomic E-state index is -0.905. The highest BCUT2D eigenvalue weighted by Crippen LogP contribution is 2.21. The summed E-state index contributed by atoms with van der Waals surface area (Å²) in [5, 5.41) is 12.5. The largest absolute Gasteiger partial charge is 0.492 e. The van der Waals surface area contributed by atoms with Crippen molar-refractivity contribution in [2.75, 3.05) is 6.61 Å². The van der Waals surface area contributed by atoms with Crippen LogP contribution in [0.5, 0.6) is 5.75 Å². The van der Waals surface area contributed by atoms with E-state index in [9.17, 15) is 4.79 Å². The maximum atomic E-state index is 10.6. The van der Waals surface area contributed by atoms with Gasteiger partial charge < -0.3 is 9.84 Å². The molecular weight excluding hydrogens is 244 g/mol. The molecule has 2 aromatic rings. The van der Waals surface area contributed by atoms with Gasteiger partial charge in [0.2, 0.25) is 0 Å². The molecular formula is C11H10O3S2. The number of rotatable bonds is 5. The van der Waals surface area contributed by atoms with E-state index in [1.165, 1.54) is 16.2 Å². The average Bonchev–Trinajstić information content (AvgIpc) is 2.87. The summed E-state index contributed by atoms with van der Waals surface area (Å²) in [5.74, 6) is -0.267. The zero-order valence-electron chi connectivity index (χ0n) is 8.38. The van der Waals surface area contributed by atoms with Crippen molar-refractivity contribution in [1.82, 2.24) is 0 Å². The van der Waals surface area contributed by atoms with Crippen LogP contribution in [-0.4, -0.2) is 17.7 Å². The van der Waals surface area contributed by atoms with Crippen LogP contribution < -0.4 is 4.74 Å². The Labute approximate surface area is 101 Å². The highest BCUT2D eigenvalue weighted by molar-refractivity contribution is 7.12. The van der Waals surface area contributed by atoms with Crippen molar-refractivity contribution in [1.29, 1.82) is 0 Å². The highest BCUT2D eigenvalue weighted by atomic mass is 32.1. The van der Waals surface area contributed by atoms with Crippen molar-refractivity contribution >= 4 is 28.6 Å². The van der Waals surface area contributed by atoms with Crippen molar-refractivity contribution in [2.45, 2.75) is 6.42 Å². The third-order valence-corrected chi connectivity index (χ3v) is 3.82. The lowest BCUT2D eigenvalue weighted by Gasteiger charge is -2.01. The molecule has 2 heterocycles. The molecule has 3 nitrogen and oxygen atoms in total. The first-order chi connectivity index (χ1) is 7.75. The fourth-order valence-corrected chi connectivity index (χ4v) is 2.59. The number of carbonyl (C=O) groups is 1. The van der Waals surface area contributed by atoms with Gasteiger partial charge in [0, 0.05) is 22.7 Å². The average molecular weight is 254 g/mol. The normalized spacial score (nSPS) is 10.2. The molecule has 16 heavy (non-hydrogen) atoms. The van der Waals surface area contributed by atoms with Gasteiger partial charge in [-0.3, -0.25) is 0 Å². The zero-order valence-corrected chi connectivity index (χ0v) is 10.0. The van der Waals surface area contributed by atoms with Crippen molar-refractivity contribution in [3.05, 3.63) is 38.7 Å². The van der Waals surface area contributed by atoms with Gasteiger partial charge in [0.25, 0.3) is 0 Å². The minimum absolute atomic E-state index is 0.311. The molecule has 0 spiro atoms. The molecule has 0 unspecified atom stereocenters. The second-order valence-electron chi connectivity index (χ2n) is 3.13. The van der Waals surface area contributed by atoms with Crippen LogP contribution in [0.25, 0.3) is 0 Å². The van der Waals surface area contributed by atoms with Gasteiger partial charge in [0.05, 0.1) is 6.61 Å². The zero-order chi connectivity index (χ0) is 11.4. The summed E-state index contributed by atoms with van der Waals surface area (Å²) in [4.78, 5) is 12.2. The van der Waals surface area contributed by atoms with E-state index in [1.54, 1.807) is 22.8 Å². The molecule has 0 saturated carbocycles. The molecule has 2 aromatic heterocycles. The molecule has 0 bridgehead atoms. The molecule has 0 radical (unpaired) electrons. The van der Waals surface area contributed by atoms with Crippen LogP contribution >= 0.6 is 22.7 Å². The maximum Gasteiger partial charge on any atom is 0.346 e. The van der Waals surface area contributed by atoms with Crippen molar-refractivity contribution < 1.29 is 14.6 Å². The number of carboxylic acids is 1. The first-order valence-electron chi connectivity index (χ1n) is 4.73. The highest BCUT2D eigenvalue weighted by Gasteiger charge is 2.07. The Bertz CT molecular complexity index is 459. The van der Waals surface area contributed by atoms with Crippen LogP contribution in [0, 0.1) is 0 Å². The summed E-state index contributed by atoms with van der Waals surface area (Å²) < 4.78 is 5.46. The number of thiophene rings is 2. The van der Waals surface area contributed by atoms with Gasteiger partial charge >= 0.3 is 5.97 Å². The van der Waals surface area contributed by atoms with Crippen LogP contribution in [0.2, 0.25) is 0 Å². The van der Waals surface area contributed by atoms with E-state index in [-0.39, 0.29) is 0 Å². The summed E-state index contributed by atoms with van der Waals surface area (Å²) >= 11 is 2.88. The maximum absolute atomic E-state index is 10.6. The van der Waals surface area contributed by atoms with E-state index in [4.69, 9.17) is 9.84 Å². The van der Waals surface area contributed by atoms with Gasteiger partial charge in [-0.2, -0.15) is 0 Å². The van der Waals surface area contributed by atoms with Crippen LogP contribution in [0.4, 0.5) is 0 Å². The number of carboxylic acid groups (broad SMARTS) is 1. The van der Waals surface area contributed by atoms with E-state index in [1.807, 2.05) is 11.4 Å². The lowest BCUT2D eigenvalue weighted by atomic mass is 10.4. The molecule has 0 atom stereocenters. The monoisotopic (exact) mass is 254 g/mol. The summed E-state index contributed by atoms with van der Waals surface area (Å²) in [6.45, 7) is 0.580. The van der Waals surface area contributed by atoms with E-state index >= 15 is 0 Å². The molecule has 0 fully saturated rings. The van der Waals surface area contributed by atoms with E-state index in [2.05, 4.69) is 6.07 Å². The standard InChI is InChI=1S/C11H10O3S2/c12-11(13)10-6-8(7-16-10)14-4-3-9-2-1-5-15-9/h1-2,5-7H,3-4H2,(H,12,13). The van der Waals surface area contributed by atoms with Crippen LogP contribution in [0.3, 0.4) is 0 Å². The lowest BCUT2D eigenvalue weighted by molar-refractivity contribution is 0.0702.